The number of benzene rings is 1. The zero-order valence-electron chi connectivity index (χ0n) is 11.8. The van der Waals surface area contributed by atoms with Crippen LogP contribution >= 0.6 is 24.2 Å². The molecular weight excluding hydrogens is 292 g/mol. The van der Waals surface area contributed by atoms with Crippen molar-refractivity contribution in [2.45, 2.75) is 37.0 Å². The van der Waals surface area contributed by atoms with Crippen molar-refractivity contribution in [3.8, 4) is 0 Å². The number of nitrogens with one attached hydrogen (secondary N) is 1. The van der Waals surface area contributed by atoms with Crippen LogP contribution in [0.1, 0.15) is 25.3 Å². The Bertz CT molecular complexity index is 421. The third kappa shape index (κ3) is 5.00. The molecule has 1 aromatic rings. The fourth-order valence-electron chi connectivity index (χ4n) is 2.34. The topological polar surface area (TPSA) is 55.1 Å². The number of carbonyl (C=O) groups is 1. The minimum atomic E-state index is -0.461. The first-order chi connectivity index (χ1) is 9.09. The van der Waals surface area contributed by atoms with E-state index in [0.29, 0.717) is 6.42 Å². The maximum atomic E-state index is 12.0. The minimum absolute atomic E-state index is 0. The van der Waals surface area contributed by atoms with E-state index in [1.54, 1.807) is 0 Å². The third-order valence-corrected chi connectivity index (χ3v) is 5.11. The Morgan fingerprint density at radius 2 is 2.15 bits per heavy atom. The summed E-state index contributed by atoms with van der Waals surface area (Å²) in [6.45, 7) is 2.94. The van der Waals surface area contributed by atoms with Gasteiger partial charge in [0.25, 0.3) is 0 Å². The smallest absolute Gasteiger partial charge is 0.237 e. The van der Waals surface area contributed by atoms with Crippen LogP contribution in [-0.2, 0) is 11.2 Å². The molecule has 0 bridgehead atoms. The number of nitrogens with two attached hydrogens (primary N) is 1. The standard InChI is InChI=1S/C15H22N2OS.ClH/c1-15(8-5-9-19-15)11-17-14(18)13(16)10-12-6-3-2-4-7-12;/h2-4,6-7,13H,5,8-11,16H2,1H3,(H,17,18);1H. The lowest BCUT2D eigenvalue weighted by Gasteiger charge is -2.24. The molecule has 1 aromatic carbocycles. The Morgan fingerprint density at radius 1 is 1.45 bits per heavy atom. The highest BCUT2D eigenvalue weighted by Crippen LogP contribution is 2.36. The van der Waals surface area contributed by atoms with Crippen LogP contribution in [0.5, 0.6) is 0 Å². The number of hydrogen-bond acceptors (Lipinski definition) is 3. The molecule has 0 aliphatic carbocycles. The highest BCUT2D eigenvalue weighted by molar-refractivity contribution is 8.00. The molecule has 0 radical (unpaired) electrons. The maximum absolute atomic E-state index is 12.0. The van der Waals surface area contributed by atoms with E-state index in [1.807, 2.05) is 42.1 Å². The van der Waals surface area contributed by atoms with Crippen molar-refractivity contribution in [2.75, 3.05) is 12.3 Å². The molecule has 0 spiro atoms. The number of rotatable bonds is 5. The molecule has 2 atom stereocenters. The molecule has 112 valence electrons. The van der Waals surface area contributed by atoms with Crippen LogP contribution in [0.2, 0.25) is 0 Å². The summed E-state index contributed by atoms with van der Waals surface area (Å²) < 4.78 is 0.197. The molecule has 5 heteroatoms. The van der Waals surface area contributed by atoms with Crippen molar-refractivity contribution in [3.63, 3.8) is 0 Å². The molecular formula is C15H23ClN2OS. The Labute approximate surface area is 131 Å². The lowest BCUT2D eigenvalue weighted by Crippen LogP contribution is -2.46. The summed E-state index contributed by atoms with van der Waals surface area (Å²) in [4.78, 5) is 12.0. The first kappa shape index (κ1) is 17.3. The molecule has 1 aliphatic rings. The molecule has 3 nitrogen and oxygen atoms in total. The van der Waals surface area contributed by atoms with E-state index in [0.717, 1.165) is 12.1 Å². The largest absolute Gasteiger partial charge is 0.353 e. The average molecular weight is 315 g/mol. The highest BCUT2D eigenvalue weighted by Gasteiger charge is 2.30. The normalized spacial score (nSPS) is 22.9. The number of hydrogen-bond donors (Lipinski definition) is 2. The van der Waals surface area contributed by atoms with Crippen LogP contribution in [0.3, 0.4) is 0 Å². The summed E-state index contributed by atoms with van der Waals surface area (Å²) in [5.41, 5.74) is 7.06. The summed E-state index contributed by atoms with van der Waals surface area (Å²) in [5.74, 6) is 1.15. The van der Waals surface area contributed by atoms with Crippen molar-refractivity contribution in [1.82, 2.24) is 5.32 Å². The van der Waals surface area contributed by atoms with Gasteiger partial charge >= 0.3 is 0 Å². The fourth-order valence-corrected chi connectivity index (χ4v) is 3.59. The van der Waals surface area contributed by atoms with Crippen molar-refractivity contribution >= 4 is 30.1 Å². The van der Waals surface area contributed by atoms with Gasteiger partial charge in [-0.1, -0.05) is 30.3 Å². The molecule has 1 fully saturated rings. The van der Waals surface area contributed by atoms with E-state index in [9.17, 15) is 4.79 Å². The van der Waals surface area contributed by atoms with E-state index < -0.39 is 6.04 Å². The van der Waals surface area contributed by atoms with E-state index in [1.165, 1.54) is 18.6 Å². The second-order valence-corrected chi connectivity index (χ2v) is 7.10. The number of amides is 1. The fraction of sp³-hybridized carbons (Fsp3) is 0.533. The van der Waals surface area contributed by atoms with Gasteiger partial charge in [0.15, 0.2) is 0 Å². The van der Waals surface area contributed by atoms with Gasteiger partial charge in [0.1, 0.15) is 0 Å². The van der Waals surface area contributed by atoms with Crippen molar-refractivity contribution in [2.24, 2.45) is 5.73 Å². The summed E-state index contributed by atoms with van der Waals surface area (Å²) in [5, 5.41) is 3.00. The third-order valence-electron chi connectivity index (χ3n) is 3.57. The SMILES string of the molecule is CC1(CNC(=O)C(N)Cc2ccccc2)CCCS1.Cl. The number of halogens is 1. The van der Waals surface area contributed by atoms with Gasteiger partial charge in [-0.05, 0) is 37.5 Å². The lowest BCUT2D eigenvalue weighted by molar-refractivity contribution is -0.122. The van der Waals surface area contributed by atoms with Gasteiger partial charge in [0, 0.05) is 11.3 Å². The monoisotopic (exact) mass is 314 g/mol. The number of carbonyl (C=O) groups excluding carboxylic acids is 1. The Hall–Kier alpha value is -0.710. The maximum Gasteiger partial charge on any atom is 0.237 e. The first-order valence-electron chi connectivity index (χ1n) is 6.80. The van der Waals surface area contributed by atoms with Gasteiger partial charge < -0.3 is 11.1 Å². The Kier molecular flexibility index (Phi) is 6.86. The average Bonchev–Trinajstić information content (AvgIpc) is 2.84. The molecule has 3 N–H and O–H groups in total. The molecule has 2 rings (SSSR count). The molecule has 0 saturated carbocycles. The second-order valence-electron chi connectivity index (χ2n) is 5.42. The summed E-state index contributed by atoms with van der Waals surface area (Å²) in [6.07, 6.45) is 3.01. The van der Waals surface area contributed by atoms with Crippen molar-refractivity contribution < 1.29 is 4.79 Å². The van der Waals surface area contributed by atoms with E-state index in [-0.39, 0.29) is 23.1 Å². The summed E-state index contributed by atoms with van der Waals surface area (Å²) >= 11 is 1.95. The molecule has 0 aromatic heterocycles. The second kappa shape index (κ2) is 7.91. The Morgan fingerprint density at radius 3 is 2.75 bits per heavy atom. The van der Waals surface area contributed by atoms with Crippen LogP contribution in [0.15, 0.2) is 30.3 Å². The predicted octanol–water partition coefficient (Wildman–Crippen LogP) is 2.38. The molecule has 1 amide bonds. The summed E-state index contributed by atoms with van der Waals surface area (Å²) in [6, 6.07) is 9.44. The van der Waals surface area contributed by atoms with Crippen LogP contribution in [0.4, 0.5) is 0 Å². The lowest BCUT2D eigenvalue weighted by atomic mass is 10.0. The van der Waals surface area contributed by atoms with Gasteiger partial charge in [-0.15, -0.1) is 12.4 Å². The van der Waals surface area contributed by atoms with Crippen LogP contribution in [-0.4, -0.2) is 29.0 Å². The van der Waals surface area contributed by atoms with E-state index in [2.05, 4.69) is 12.2 Å². The summed E-state index contributed by atoms with van der Waals surface area (Å²) in [7, 11) is 0. The van der Waals surface area contributed by atoms with E-state index in [4.69, 9.17) is 5.73 Å². The molecule has 1 aliphatic heterocycles. The van der Waals surface area contributed by atoms with Crippen LogP contribution in [0.25, 0.3) is 0 Å². The zero-order valence-corrected chi connectivity index (χ0v) is 13.4. The molecule has 1 heterocycles. The van der Waals surface area contributed by atoms with Gasteiger partial charge in [-0.3, -0.25) is 4.79 Å². The zero-order chi connectivity index (χ0) is 13.7. The van der Waals surface area contributed by atoms with Gasteiger partial charge in [-0.25, -0.2) is 0 Å². The quantitative estimate of drug-likeness (QED) is 0.877. The van der Waals surface area contributed by atoms with Gasteiger partial charge in [0.05, 0.1) is 6.04 Å². The minimum Gasteiger partial charge on any atom is -0.353 e. The van der Waals surface area contributed by atoms with Crippen molar-refractivity contribution in [1.29, 1.82) is 0 Å². The Balaban J connectivity index is 0.00000200. The van der Waals surface area contributed by atoms with Crippen LogP contribution in [0, 0.1) is 0 Å². The molecule has 2 unspecified atom stereocenters. The van der Waals surface area contributed by atoms with Gasteiger partial charge in [-0.2, -0.15) is 11.8 Å². The first-order valence-corrected chi connectivity index (χ1v) is 7.79. The predicted molar refractivity (Wildman–Crippen MR) is 88.5 cm³/mol. The molecule has 1 saturated heterocycles. The van der Waals surface area contributed by atoms with Crippen molar-refractivity contribution in [3.05, 3.63) is 35.9 Å². The highest BCUT2D eigenvalue weighted by atomic mass is 35.5. The van der Waals surface area contributed by atoms with Crippen LogP contribution < -0.4 is 11.1 Å². The van der Waals surface area contributed by atoms with Gasteiger partial charge in [0.2, 0.25) is 5.91 Å². The molecule has 20 heavy (non-hydrogen) atoms. The number of thioether (sulfide) groups is 1. The van der Waals surface area contributed by atoms with E-state index >= 15 is 0 Å².